The molecule has 0 aromatic heterocycles. The van der Waals surface area contributed by atoms with Crippen LogP contribution in [-0.2, 0) is 9.59 Å². The van der Waals surface area contributed by atoms with Crippen molar-refractivity contribution in [3.63, 3.8) is 0 Å². The Morgan fingerprint density at radius 3 is 2.80 bits per heavy atom. The lowest BCUT2D eigenvalue weighted by Gasteiger charge is -2.36. The van der Waals surface area contributed by atoms with Crippen molar-refractivity contribution in [1.82, 2.24) is 9.80 Å². The number of nitriles is 1. The van der Waals surface area contributed by atoms with Crippen LogP contribution < -0.4 is 0 Å². The fourth-order valence-corrected chi connectivity index (χ4v) is 2.98. The van der Waals surface area contributed by atoms with Crippen molar-refractivity contribution < 1.29 is 9.59 Å². The lowest BCUT2D eigenvalue weighted by atomic mass is 9.89. The highest BCUT2D eigenvalue weighted by Gasteiger charge is 2.41. The molecule has 2 aliphatic rings. The summed E-state index contributed by atoms with van der Waals surface area (Å²) in [6, 6.07) is 2.08. The van der Waals surface area contributed by atoms with Crippen LogP contribution in [0, 0.1) is 16.7 Å². The van der Waals surface area contributed by atoms with Crippen LogP contribution in [0.25, 0.3) is 0 Å². The fraction of sp³-hybridized carbons (Fsp3) is 0.800. The Morgan fingerprint density at radius 2 is 2.10 bits per heavy atom. The first-order valence-corrected chi connectivity index (χ1v) is 7.44. The maximum absolute atomic E-state index is 12.3. The van der Waals surface area contributed by atoms with Gasteiger partial charge in [0, 0.05) is 13.1 Å². The van der Waals surface area contributed by atoms with E-state index in [1.807, 2.05) is 13.8 Å². The van der Waals surface area contributed by atoms with Gasteiger partial charge in [0.15, 0.2) is 0 Å². The zero-order valence-electron chi connectivity index (χ0n) is 12.4. The number of nitrogens with zero attached hydrogens (tertiary/aromatic N) is 3. The first-order valence-electron chi connectivity index (χ1n) is 7.44. The Bertz CT molecular complexity index is 439. The van der Waals surface area contributed by atoms with Crippen LogP contribution in [0.15, 0.2) is 0 Å². The smallest absolute Gasteiger partial charge is 0.245 e. The van der Waals surface area contributed by atoms with Gasteiger partial charge in [0.2, 0.25) is 11.8 Å². The van der Waals surface area contributed by atoms with Gasteiger partial charge in [0.05, 0.1) is 18.0 Å². The Kier molecular flexibility index (Phi) is 4.32. The van der Waals surface area contributed by atoms with Crippen molar-refractivity contribution in [3.8, 4) is 6.07 Å². The second kappa shape index (κ2) is 5.82. The van der Waals surface area contributed by atoms with E-state index in [2.05, 4.69) is 6.07 Å². The van der Waals surface area contributed by atoms with Crippen molar-refractivity contribution >= 4 is 11.8 Å². The summed E-state index contributed by atoms with van der Waals surface area (Å²) in [6.45, 7) is 5.46. The monoisotopic (exact) mass is 277 g/mol. The van der Waals surface area contributed by atoms with Crippen LogP contribution in [-0.4, -0.2) is 47.3 Å². The average Bonchev–Trinajstić information content (AvgIpc) is 2.90. The number of hydrogen-bond acceptors (Lipinski definition) is 3. The van der Waals surface area contributed by atoms with E-state index in [0.717, 1.165) is 38.6 Å². The molecule has 2 fully saturated rings. The molecule has 0 aromatic rings. The molecule has 2 saturated heterocycles. The van der Waals surface area contributed by atoms with Crippen molar-refractivity contribution in [2.45, 2.75) is 52.0 Å². The number of hydrogen-bond donors (Lipinski definition) is 0. The van der Waals surface area contributed by atoms with Crippen LogP contribution in [0.5, 0.6) is 0 Å². The largest absolute Gasteiger partial charge is 0.332 e. The topological polar surface area (TPSA) is 64.4 Å². The zero-order valence-corrected chi connectivity index (χ0v) is 12.4. The number of unbranched alkanes of at least 4 members (excludes halogenated alkanes) is 1. The molecule has 0 radical (unpaired) electrons. The third-order valence-electron chi connectivity index (χ3n) is 4.28. The molecule has 0 bridgehead atoms. The lowest BCUT2D eigenvalue weighted by Crippen LogP contribution is -2.57. The third kappa shape index (κ3) is 3.12. The van der Waals surface area contributed by atoms with E-state index in [9.17, 15) is 9.59 Å². The highest BCUT2D eigenvalue weighted by Crippen LogP contribution is 2.25. The van der Waals surface area contributed by atoms with Gasteiger partial charge in [-0.2, -0.15) is 5.26 Å². The van der Waals surface area contributed by atoms with E-state index in [1.54, 1.807) is 9.80 Å². The summed E-state index contributed by atoms with van der Waals surface area (Å²) in [5.41, 5.74) is -0.302. The lowest BCUT2D eigenvalue weighted by molar-refractivity contribution is -0.153. The summed E-state index contributed by atoms with van der Waals surface area (Å²) in [7, 11) is 0. The van der Waals surface area contributed by atoms with Gasteiger partial charge < -0.3 is 9.80 Å². The minimum Gasteiger partial charge on any atom is -0.332 e. The molecule has 5 nitrogen and oxygen atoms in total. The molecular weight excluding hydrogens is 254 g/mol. The Balaban J connectivity index is 1.80. The number of carbonyl (C=O) groups excluding carboxylic acids is 2. The van der Waals surface area contributed by atoms with Gasteiger partial charge in [0.25, 0.3) is 0 Å². The molecule has 2 heterocycles. The van der Waals surface area contributed by atoms with Gasteiger partial charge in [0.1, 0.15) is 6.04 Å². The Labute approximate surface area is 120 Å². The molecule has 2 amide bonds. The molecule has 0 spiro atoms. The van der Waals surface area contributed by atoms with E-state index in [-0.39, 0.29) is 29.8 Å². The molecular formula is C15H23N3O2. The van der Waals surface area contributed by atoms with Crippen molar-refractivity contribution in [3.05, 3.63) is 0 Å². The number of piperazine rings is 1. The molecule has 5 heteroatoms. The van der Waals surface area contributed by atoms with Gasteiger partial charge in [-0.1, -0.05) is 6.42 Å². The maximum Gasteiger partial charge on any atom is 0.245 e. The van der Waals surface area contributed by atoms with Crippen molar-refractivity contribution in [1.29, 1.82) is 5.26 Å². The molecule has 2 aliphatic heterocycles. The normalized spacial score (nSPS) is 22.9. The minimum absolute atomic E-state index is 0.0875. The van der Waals surface area contributed by atoms with E-state index in [4.69, 9.17) is 5.26 Å². The van der Waals surface area contributed by atoms with Gasteiger partial charge >= 0.3 is 0 Å². The molecule has 2 rings (SSSR count). The van der Waals surface area contributed by atoms with Crippen LogP contribution in [0.2, 0.25) is 0 Å². The predicted octanol–water partition coefficient (Wildman–Crippen LogP) is 1.54. The second-order valence-electron chi connectivity index (χ2n) is 6.46. The van der Waals surface area contributed by atoms with Crippen LogP contribution in [0.4, 0.5) is 0 Å². The van der Waals surface area contributed by atoms with Crippen molar-refractivity contribution in [2.24, 2.45) is 5.41 Å². The molecule has 110 valence electrons. The standard InChI is InChI=1S/C15H23N3O2/c1-15(2,11-16)7-3-4-8-17-10-13(19)18-9-5-6-12(18)14(17)20/h12H,3-10H2,1-2H3. The molecule has 0 aromatic carbocycles. The number of rotatable bonds is 5. The number of amides is 2. The number of carbonyl (C=O) groups is 2. The minimum atomic E-state index is -0.302. The fourth-order valence-electron chi connectivity index (χ4n) is 2.98. The van der Waals surface area contributed by atoms with Crippen molar-refractivity contribution in [2.75, 3.05) is 19.6 Å². The summed E-state index contributed by atoms with van der Waals surface area (Å²) in [6.07, 6.45) is 4.34. The SMILES string of the molecule is CC(C)(C#N)CCCCN1CC(=O)N2CCCC2C1=O. The first-order chi connectivity index (χ1) is 9.44. The first kappa shape index (κ1) is 14.8. The molecule has 20 heavy (non-hydrogen) atoms. The van der Waals surface area contributed by atoms with Gasteiger partial charge in [-0.25, -0.2) is 0 Å². The summed E-state index contributed by atoms with van der Waals surface area (Å²) in [5, 5.41) is 8.96. The maximum atomic E-state index is 12.3. The van der Waals surface area contributed by atoms with E-state index < -0.39 is 0 Å². The van der Waals surface area contributed by atoms with Crippen LogP contribution in [0.1, 0.15) is 46.0 Å². The van der Waals surface area contributed by atoms with Crippen LogP contribution in [0.3, 0.4) is 0 Å². The second-order valence-corrected chi connectivity index (χ2v) is 6.46. The summed E-state index contributed by atoms with van der Waals surface area (Å²) in [4.78, 5) is 27.7. The van der Waals surface area contributed by atoms with E-state index in [0.29, 0.717) is 6.54 Å². The van der Waals surface area contributed by atoms with E-state index >= 15 is 0 Å². The molecule has 0 saturated carbocycles. The van der Waals surface area contributed by atoms with Gasteiger partial charge in [-0.05, 0) is 39.5 Å². The quantitative estimate of drug-likeness (QED) is 0.716. The molecule has 0 N–H and O–H groups in total. The zero-order chi connectivity index (χ0) is 14.8. The van der Waals surface area contributed by atoms with Gasteiger partial charge in [-0.3, -0.25) is 9.59 Å². The summed E-state index contributed by atoms with van der Waals surface area (Å²) >= 11 is 0. The van der Waals surface area contributed by atoms with Gasteiger partial charge in [-0.15, -0.1) is 0 Å². The Morgan fingerprint density at radius 1 is 1.35 bits per heavy atom. The van der Waals surface area contributed by atoms with Crippen LogP contribution >= 0.6 is 0 Å². The molecule has 0 aliphatic carbocycles. The average molecular weight is 277 g/mol. The summed E-state index contributed by atoms with van der Waals surface area (Å²) in [5.74, 6) is 0.200. The highest BCUT2D eigenvalue weighted by atomic mass is 16.2. The summed E-state index contributed by atoms with van der Waals surface area (Å²) < 4.78 is 0. The molecule has 1 unspecified atom stereocenters. The number of fused-ring (bicyclic) bond motifs is 1. The molecule has 1 atom stereocenters. The van der Waals surface area contributed by atoms with E-state index in [1.165, 1.54) is 0 Å². The predicted molar refractivity (Wildman–Crippen MR) is 74.6 cm³/mol. The third-order valence-corrected chi connectivity index (χ3v) is 4.28. The highest BCUT2D eigenvalue weighted by molar-refractivity contribution is 5.95. The Hall–Kier alpha value is -1.57.